The van der Waals surface area contributed by atoms with E-state index < -0.39 is 10.0 Å². The number of thiophene rings is 1. The summed E-state index contributed by atoms with van der Waals surface area (Å²) in [6, 6.07) is 10.0. The van der Waals surface area contributed by atoms with Crippen molar-refractivity contribution in [2.24, 2.45) is 0 Å². The zero-order valence-corrected chi connectivity index (χ0v) is 15.0. The Hall–Kier alpha value is -2.19. The highest BCUT2D eigenvalue weighted by Gasteiger charge is 2.11. The van der Waals surface area contributed by atoms with Crippen molar-refractivity contribution in [3.63, 3.8) is 0 Å². The molecule has 128 valence electrons. The summed E-state index contributed by atoms with van der Waals surface area (Å²) in [5.41, 5.74) is 0.827. The molecule has 0 aliphatic carbocycles. The average Bonchev–Trinajstić information content (AvgIpc) is 2.90. The molecule has 0 saturated carbocycles. The normalized spacial score (nSPS) is 11.1. The largest absolute Gasteiger partial charge is 0.326 e. The first kappa shape index (κ1) is 18.2. The van der Waals surface area contributed by atoms with Crippen LogP contribution in [0.2, 0.25) is 0 Å². The van der Waals surface area contributed by atoms with E-state index in [1.165, 1.54) is 17.4 Å². The first-order valence-electron chi connectivity index (χ1n) is 7.20. The Kier molecular flexibility index (Phi) is 5.74. The molecule has 0 aliphatic heterocycles. The molecule has 0 atom stereocenters. The van der Waals surface area contributed by atoms with Crippen molar-refractivity contribution in [2.45, 2.75) is 19.8 Å². The fourth-order valence-electron chi connectivity index (χ4n) is 2.03. The Bertz CT molecular complexity index is 856. The lowest BCUT2D eigenvalue weighted by Crippen LogP contribution is -2.14. The number of rotatable bonds is 7. The lowest BCUT2D eigenvalue weighted by molar-refractivity contribution is -0.116. The molecule has 0 bridgehead atoms. The van der Waals surface area contributed by atoms with Crippen LogP contribution in [-0.2, 0) is 14.8 Å². The molecular weight excluding hydrogens is 348 g/mol. The van der Waals surface area contributed by atoms with Crippen molar-refractivity contribution in [3.8, 4) is 0 Å². The average molecular weight is 366 g/mol. The first-order chi connectivity index (χ1) is 11.2. The Morgan fingerprint density at radius 3 is 2.42 bits per heavy atom. The number of benzene rings is 1. The van der Waals surface area contributed by atoms with Gasteiger partial charge >= 0.3 is 0 Å². The predicted octanol–water partition coefficient (Wildman–Crippen LogP) is 3.03. The van der Waals surface area contributed by atoms with Crippen molar-refractivity contribution in [2.75, 3.05) is 16.3 Å². The van der Waals surface area contributed by atoms with Gasteiger partial charge in [-0.3, -0.25) is 14.3 Å². The van der Waals surface area contributed by atoms with Crippen LogP contribution >= 0.6 is 11.3 Å². The van der Waals surface area contributed by atoms with Crippen LogP contribution in [0.4, 0.5) is 11.4 Å². The quantitative estimate of drug-likeness (QED) is 0.737. The van der Waals surface area contributed by atoms with Gasteiger partial charge in [0.1, 0.15) is 0 Å². The van der Waals surface area contributed by atoms with Gasteiger partial charge in [-0.1, -0.05) is 6.07 Å². The number of aryl methyl sites for hydroxylation is 1. The number of anilines is 2. The lowest BCUT2D eigenvalue weighted by atomic mass is 10.2. The summed E-state index contributed by atoms with van der Waals surface area (Å²) in [4.78, 5) is 25.6. The van der Waals surface area contributed by atoms with Gasteiger partial charge in [-0.05, 0) is 37.3 Å². The second-order valence-corrected chi connectivity index (χ2v) is 8.37. The number of hydrogen-bond acceptors (Lipinski definition) is 5. The monoisotopic (exact) mass is 366 g/mol. The highest BCUT2D eigenvalue weighted by Crippen LogP contribution is 2.19. The maximum Gasteiger partial charge on any atom is 0.229 e. The molecule has 0 spiro atoms. The van der Waals surface area contributed by atoms with E-state index in [2.05, 4.69) is 10.0 Å². The predicted molar refractivity (Wildman–Crippen MR) is 96.2 cm³/mol. The molecule has 0 fully saturated rings. The van der Waals surface area contributed by atoms with Gasteiger partial charge in [0, 0.05) is 23.4 Å². The molecule has 1 amide bonds. The minimum absolute atomic E-state index is 0.0595. The molecule has 1 aromatic carbocycles. The van der Waals surface area contributed by atoms with E-state index in [-0.39, 0.29) is 24.5 Å². The van der Waals surface area contributed by atoms with Crippen LogP contribution < -0.4 is 10.0 Å². The Morgan fingerprint density at radius 2 is 1.79 bits per heavy atom. The van der Waals surface area contributed by atoms with Gasteiger partial charge in [-0.15, -0.1) is 11.3 Å². The third-order valence-corrected chi connectivity index (χ3v) is 4.69. The van der Waals surface area contributed by atoms with Gasteiger partial charge in [0.25, 0.3) is 0 Å². The van der Waals surface area contributed by atoms with Crippen molar-refractivity contribution < 1.29 is 18.0 Å². The molecular formula is C16H18N2O4S2. The third-order valence-electron chi connectivity index (χ3n) is 3.04. The minimum atomic E-state index is -3.38. The van der Waals surface area contributed by atoms with Crippen molar-refractivity contribution in [3.05, 3.63) is 46.2 Å². The third kappa shape index (κ3) is 5.78. The topological polar surface area (TPSA) is 92.3 Å². The van der Waals surface area contributed by atoms with Crippen LogP contribution in [0.1, 0.15) is 27.4 Å². The van der Waals surface area contributed by atoms with Crippen LogP contribution in [0.15, 0.2) is 36.4 Å². The Morgan fingerprint density at radius 1 is 1.08 bits per heavy atom. The van der Waals surface area contributed by atoms with E-state index in [0.29, 0.717) is 16.3 Å². The van der Waals surface area contributed by atoms with Gasteiger partial charge in [0.15, 0.2) is 5.78 Å². The van der Waals surface area contributed by atoms with E-state index in [1.807, 2.05) is 13.0 Å². The second-order valence-electron chi connectivity index (χ2n) is 5.34. The molecule has 2 rings (SSSR count). The van der Waals surface area contributed by atoms with Crippen molar-refractivity contribution in [1.29, 1.82) is 0 Å². The number of nitrogens with one attached hydrogen (secondary N) is 2. The molecule has 0 saturated heterocycles. The molecule has 2 N–H and O–H groups in total. The fourth-order valence-corrected chi connectivity index (χ4v) is 3.42. The number of Topliss-reactive ketones (excluding diaryl/α,β-unsaturated/α-hetero) is 1. The van der Waals surface area contributed by atoms with Crippen LogP contribution in [-0.4, -0.2) is 26.4 Å². The number of amides is 1. The highest BCUT2D eigenvalue weighted by molar-refractivity contribution is 7.92. The van der Waals surface area contributed by atoms with Crippen LogP contribution in [0.3, 0.4) is 0 Å². The van der Waals surface area contributed by atoms with Crippen molar-refractivity contribution >= 4 is 44.4 Å². The summed E-state index contributed by atoms with van der Waals surface area (Å²) in [7, 11) is -3.38. The van der Waals surface area contributed by atoms with E-state index in [0.717, 1.165) is 11.1 Å². The SMILES string of the molecule is Cc1ccc(C(=O)CCC(=O)Nc2cccc(NS(C)(=O)=O)c2)s1. The zero-order chi connectivity index (χ0) is 17.7. The summed E-state index contributed by atoms with van der Waals surface area (Å²) in [6.45, 7) is 1.92. The molecule has 2 aromatic rings. The number of carbonyl (C=O) groups excluding carboxylic acids is 2. The molecule has 8 heteroatoms. The first-order valence-corrected chi connectivity index (χ1v) is 9.91. The maximum atomic E-state index is 12.0. The number of ketones is 1. The summed E-state index contributed by atoms with van der Waals surface area (Å²) in [5.74, 6) is -0.358. The smallest absolute Gasteiger partial charge is 0.229 e. The molecule has 1 heterocycles. The summed E-state index contributed by atoms with van der Waals surface area (Å²) >= 11 is 1.41. The fraction of sp³-hybridized carbons (Fsp3) is 0.250. The lowest BCUT2D eigenvalue weighted by Gasteiger charge is -2.08. The summed E-state index contributed by atoms with van der Waals surface area (Å²) in [5, 5.41) is 2.66. The van der Waals surface area contributed by atoms with Gasteiger partial charge in [-0.2, -0.15) is 0 Å². The van der Waals surface area contributed by atoms with Crippen LogP contribution in [0.25, 0.3) is 0 Å². The van der Waals surface area contributed by atoms with E-state index >= 15 is 0 Å². The van der Waals surface area contributed by atoms with Gasteiger partial charge in [0.2, 0.25) is 15.9 Å². The van der Waals surface area contributed by atoms with Gasteiger partial charge in [0.05, 0.1) is 16.8 Å². The molecule has 6 nitrogen and oxygen atoms in total. The summed E-state index contributed by atoms with van der Waals surface area (Å²) in [6.07, 6.45) is 1.25. The van der Waals surface area contributed by atoms with Crippen LogP contribution in [0.5, 0.6) is 0 Å². The van der Waals surface area contributed by atoms with Crippen molar-refractivity contribution in [1.82, 2.24) is 0 Å². The standard InChI is InChI=1S/C16H18N2O4S2/c1-11-6-8-15(23-11)14(19)7-9-16(20)17-12-4-3-5-13(10-12)18-24(2,21)22/h3-6,8,10,18H,7,9H2,1-2H3,(H,17,20). The highest BCUT2D eigenvalue weighted by atomic mass is 32.2. The maximum absolute atomic E-state index is 12.0. The molecule has 24 heavy (non-hydrogen) atoms. The number of sulfonamides is 1. The minimum Gasteiger partial charge on any atom is -0.326 e. The zero-order valence-electron chi connectivity index (χ0n) is 13.3. The van der Waals surface area contributed by atoms with E-state index in [4.69, 9.17) is 0 Å². The molecule has 0 aliphatic rings. The van der Waals surface area contributed by atoms with Gasteiger partial charge < -0.3 is 5.32 Å². The number of hydrogen-bond donors (Lipinski definition) is 2. The number of carbonyl (C=O) groups is 2. The second kappa shape index (κ2) is 7.59. The van der Waals surface area contributed by atoms with Crippen LogP contribution in [0, 0.1) is 6.92 Å². The Balaban J connectivity index is 1.90. The molecule has 0 unspecified atom stereocenters. The van der Waals surface area contributed by atoms with E-state index in [9.17, 15) is 18.0 Å². The van der Waals surface area contributed by atoms with E-state index in [1.54, 1.807) is 24.3 Å². The Labute approximate surface area is 145 Å². The molecule has 1 aromatic heterocycles. The molecule has 0 radical (unpaired) electrons. The van der Waals surface area contributed by atoms with Gasteiger partial charge in [-0.25, -0.2) is 8.42 Å². The summed E-state index contributed by atoms with van der Waals surface area (Å²) < 4.78 is 24.8.